The Kier molecular flexibility index (Phi) is 3.41. The number of aromatic carboxylic acids is 1. The fourth-order valence-electron chi connectivity index (χ4n) is 1.47. The van der Waals surface area contributed by atoms with E-state index in [1.165, 1.54) is 18.2 Å². The van der Waals surface area contributed by atoms with E-state index in [2.05, 4.69) is 4.42 Å². The first-order valence-electron chi connectivity index (χ1n) is 4.82. The van der Waals surface area contributed by atoms with Crippen LogP contribution in [0.15, 0.2) is 39.5 Å². The molecule has 6 heteroatoms. The lowest BCUT2D eigenvalue weighted by atomic mass is 10.1. The highest BCUT2D eigenvalue weighted by Crippen LogP contribution is 2.29. The van der Waals surface area contributed by atoms with Crippen molar-refractivity contribution in [2.24, 2.45) is 0 Å². The molecular weight excluding hydrogens is 279 g/mol. The number of rotatable bonds is 2. The van der Waals surface area contributed by atoms with Gasteiger partial charge in [-0.3, -0.25) is 0 Å². The third-order valence-corrected chi connectivity index (χ3v) is 3.00. The van der Waals surface area contributed by atoms with Crippen molar-refractivity contribution >= 4 is 29.2 Å². The number of hydrogen-bond acceptors (Lipinski definition) is 3. The fraction of sp³-hybridized carbons (Fsp3) is 0. The standard InChI is InChI=1S/C12H6Cl2O4/c13-8-3-1-6(5-9(8)14)7-2-4-10(15)18-11(7)12(16)17/h1-5H,(H,16,17). The molecule has 4 nitrogen and oxygen atoms in total. The Balaban J connectivity index is 2.66. The predicted octanol–water partition coefficient (Wildman–Crippen LogP) is 3.31. The van der Waals surface area contributed by atoms with Crippen molar-refractivity contribution < 1.29 is 14.3 Å². The molecule has 0 bridgehead atoms. The molecule has 1 aromatic heterocycles. The molecule has 0 saturated carbocycles. The normalized spacial score (nSPS) is 10.3. The van der Waals surface area contributed by atoms with Crippen LogP contribution in [-0.4, -0.2) is 11.1 Å². The molecule has 2 rings (SSSR count). The van der Waals surface area contributed by atoms with Crippen LogP contribution in [0.2, 0.25) is 10.0 Å². The topological polar surface area (TPSA) is 67.5 Å². The molecule has 0 saturated heterocycles. The Bertz CT molecular complexity index is 676. The second-order valence-electron chi connectivity index (χ2n) is 3.43. The first-order valence-corrected chi connectivity index (χ1v) is 5.57. The van der Waals surface area contributed by atoms with Gasteiger partial charge >= 0.3 is 11.6 Å². The first kappa shape index (κ1) is 12.7. The molecule has 1 heterocycles. The molecule has 0 amide bonds. The maximum atomic E-state index is 11.0. The minimum Gasteiger partial charge on any atom is -0.475 e. The van der Waals surface area contributed by atoms with Crippen molar-refractivity contribution in [3.8, 4) is 11.1 Å². The number of halogens is 2. The molecule has 0 aliphatic carbocycles. The molecule has 0 aliphatic rings. The smallest absolute Gasteiger partial charge is 0.372 e. The molecule has 0 aliphatic heterocycles. The van der Waals surface area contributed by atoms with Gasteiger partial charge in [0.05, 0.1) is 10.0 Å². The van der Waals surface area contributed by atoms with Gasteiger partial charge in [0.25, 0.3) is 0 Å². The van der Waals surface area contributed by atoms with Gasteiger partial charge in [0, 0.05) is 11.6 Å². The quantitative estimate of drug-likeness (QED) is 0.919. The van der Waals surface area contributed by atoms with E-state index < -0.39 is 17.4 Å². The average Bonchev–Trinajstić information content (AvgIpc) is 2.32. The lowest BCUT2D eigenvalue weighted by molar-refractivity contribution is 0.0658. The van der Waals surface area contributed by atoms with E-state index in [0.717, 1.165) is 6.07 Å². The molecule has 0 unspecified atom stereocenters. The van der Waals surface area contributed by atoms with Gasteiger partial charge in [0.2, 0.25) is 5.76 Å². The zero-order valence-electron chi connectivity index (χ0n) is 8.81. The summed E-state index contributed by atoms with van der Waals surface area (Å²) in [5.74, 6) is -1.75. The second kappa shape index (κ2) is 4.84. The molecule has 92 valence electrons. The van der Waals surface area contributed by atoms with Crippen LogP contribution in [-0.2, 0) is 0 Å². The molecule has 18 heavy (non-hydrogen) atoms. The summed E-state index contributed by atoms with van der Waals surface area (Å²) in [4.78, 5) is 22.0. The number of carbonyl (C=O) groups is 1. The Morgan fingerprint density at radius 3 is 2.44 bits per heavy atom. The Morgan fingerprint density at radius 1 is 1.11 bits per heavy atom. The molecule has 0 fully saturated rings. The van der Waals surface area contributed by atoms with Crippen LogP contribution in [0, 0.1) is 0 Å². The zero-order chi connectivity index (χ0) is 13.3. The van der Waals surface area contributed by atoms with Crippen LogP contribution in [0.5, 0.6) is 0 Å². The SMILES string of the molecule is O=C(O)c1oc(=O)ccc1-c1ccc(Cl)c(Cl)c1. The highest BCUT2D eigenvalue weighted by atomic mass is 35.5. The lowest BCUT2D eigenvalue weighted by Gasteiger charge is -2.05. The van der Waals surface area contributed by atoms with E-state index in [1.54, 1.807) is 6.07 Å². The van der Waals surface area contributed by atoms with Crippen LogP contribution in [0.1, 0.15) is 10.6 Å². The van der Waals surface area contributed by atoms with Gasteiger partial charge in [-0.25, -0.2) is 9.59 Å². The monoisotopic (exact) mass is 284 g/mol. The predicted molar refractivity (Wildman–Crippen MR) is 67.4 cm³/mol. The van der Waals surface area contributed by atoms with E-state index in [4.69, 9.17) is 28.3 Å². The molecule has 2 aromatic rings. The van der Waals surface area contributed by atoms with Gasteiger partial charge in [-0.2, -0.15) is 0 Å². The van der Waals surface area contributed by atoms with Crippen molar-refractivity contribution in [1.82, 2.24) is 0 Å². The van der Waals surface area contributed by atoms with Crippen molar-refractivity contribution in [1.29, 1.82) is 0 Å². The lowest BCUT2D eigenvalue weighted by Crippen LogP contribution is -2.06. The minimum atomic E-state index is -1.33. The number of carboxylic acid groups (broad SMARTS) is 1. The molecule has 0 radical (unpaired) electrons. The van der Waals surface area contributed by atoms with Gasteiger partial charge in [0.15, 0.2) is 0 Å². The van der Waals surface area contributed by atoms with Gasteiger partial charge in [-0.1, -0.05) is 29.3 Å². The summed E-state index contributed by atoms with van der Waals surface area (Å²) in [5, 5.41) is 9.63. The van der Waals surface area contributed by atoms with Crippen LogP contribution in [0.4, 0.5) is 0 Å². The molecular formula is C12H6Cl2O4. The van der Waals surface area contributed by atoms with Gasteiger partial charge in [-0.05, 0) is 23.8 Å². The molecule has 0 atom stereocenters. The Morgan fingerprint density at radius 2 is 1.83 bits per heavy atom. The molecule has 1 aromatic carbocycles. The van der Waals surface area contributed by atoms with Crippen LogP contribution < -0.4 is 5.63 Å². The van der Waals surface area contributed by atoms with Crippen molar-refractivity contribution in [3.05, 3.63) is 56.6 Å². The van der Waals surface area contributed by atoms with Gasteiger partial charge in [-0.15, -0.1) is 0 Å². The third kappa shape index (κ3) is 2.39. The van der Waals surface area contributed by atoms with Crippen LogP contribution in [0.3, 0.4) is 0 Å². The molecule has 0 spiro atoms. The Labute approximate surface area is 111 Å². The van der Waals surface area contributed by atoms with Crippen molar-refractivity contribution in [2.75, 3.05) is 0 Å². The average molecular weight is 285 g/mol. The van der Waals surface area contributed by atoms with Crippen LogP contribution >= 0.6 is 23.2 Å². The summed E-state index contributed by atoms with van der Waals surface area (Å²) in [7, 11) is 0. The highest BCUT2D eigenvalue weighted by molar-refractivity contribution is 6.42. The van der Waals surface area contributed by atoms with Gasteiger partial charge < -0.3 is 9.52 Å². The number of carboxylic acids is 1. The summed E-state index contributed by atoms with van der Waals surface area (Å²) >= 11 is 11.6. The summed E-state index contributed by atoms with van der Waals surface area (Å²) in [6.07, 6.45) is 0. The van der Waals surface area contributed by atoms with E-state index in [-0.39, 0.29) is 10.6 Å². The largest absolute Gasteiger partial charge is 0.475 e. The van der Waals surface area contributed by atoms with Gasteiger partial charge in [0.1, 0.15) is 0 Å². The second-order valence-corrected chi connectivity index (χ2v) is 4.25. The summed E-state index contributed by atoms with van der Waals surface area (Å²) in [6.45, 7) is 0. The Hall–Kier alpha value is -1.78. The highest BCUT2D eigenvalue weighted by Gasteiger charge is 2.16. The number of hydrogen-bond donors (Lipinski definition) is 1. The maximum Gasteiger partial charge on any atom is 0.372 e. The van der Waals surface area contributed by atoms with Crippen LogP contribution in [0.25, 0.3) is 11.1 Å². The van der Waals surface area contributed by atoms with E-state index in [9.17, 15) is 9.59 Å². The van der Waals surface area contributed by atoms with E-state index in [0.29, 0.717) is 10.6 Å². The third-order valence-electron chi connectivity index (χ3n) is 2.26. The first-order chi connectivity index (χ1) is 8.49. The minimum absolute atomic E-state index is 0.265. The fourth-order valence-corrected chi connectivity index (χ4v) is 1.76. The number of benzene rings is 1. The summed E-state index contributed by atoms with van der Waals surface area (Å²) in [5.41, 5.74) is 0.0439. The summed E-state index contributed by atoms with van der Waals surface area (Å²) < 4.78 is 4.66. The summed E-state index contributed by atoms with van der Waals surface area (Å²) in [6, 6.07) is 7.15. The van der Waals surface area contributed by atoms with Crippen molar-refractivity contribution in [2.45, 2.75) is 0 Å². The maximum absolute atomic E-state index is 11.0. The molecule has 1 N–H and O–H groups in total. The van der Waals surface area contributed by atoms with E-state index >= 15 is 0 Å². The van der Waals surface area contributed by atoms with E-state index in [1.807, 2.05) is 0 Å². The zero-order valence-corrected chi connectivity index (χ0v) is 10.3. The van der Waals surface area contributed by atoms with Crippen molar-refractivity contribution in [3.63, 3.8) is 0 Å².